The number of para-hydroxylation sites is 1. The summed E-state index contributed by atoms with van der Waals surface area (Å²) in [6.45, 7) is 0. The number of aromatic nitrogens is 4. The van der Waals surface area contributed by atoms with E-state index in [1.54, 1.807) is 0 Å². The maximum absolute atomic E-state index is 5.62. The first-order chi connectivity index (χ1) is 8.83. The summed E-state index contributed by atoms with van der Waals surface area (Å²) in [4.78, 5) is 19.2. The Labute approximate surface area is 102 Å². The summed E-state index contributed by atoms with van der Waals surface area (Å²) < 4.78 is 0. The Hall–Kier alpha value is -2.83. The molecule has 2 aromatic heterocycles. The minimum atomic E-state index is 0.236. The van der Waals surface area contributed by atoms with Crippen molar-refractivity contribution in [2.75, 3.05) is 11.2 Å². The number of nitrogens with one attached hydrogen (secondary N) is 3. The van der Waals surface area contributed by atoms with E-state index in [1.165, 1.54) is 6.33 Å². The molecule has 0 aliphatic rings. The van der Waals surface area contributed by atoms with Gasteiger partial charge in [0.05, 0.1) is 12.0 Å². The largest absolute Gasteiger partial charge is 0.392 e. The second-order valence-corrected chi connectivity index (χ2v) is 3.62. The standard InChI is InChI=1S/C11H10N6O/c12-11-15-9-8(13-6-14-9)10(16-11)18-17-7-4-2-1-3-5-7/h1-6,17H,(H3,12,13,14,15,16)/p+1. The van der Waals surface area contributed by atoms with Crippen molar-refractivity contribution in [2.45, 2.75) is 0 Å². The van der Waals surface area contributed by atoms with E-state index in [2.05, 4.69) is 25.4 Å². The van der Waals surface area contributed by atoms with Gasteiger partial charge in [-0.1, -0.05) is 18.2 Å². The summed E-state index contributed by atoms with van der Waals surface area (Å²) in [6.07, 6.45) is 1.53. The normalized spacial score (nSPS) is 10.4. The number of fused-ring (bicyclic) bond motifs is 1. The molecule has 90 valence electrons. The summed E-state index contributed by atoms with van der Waals surface area (Å²) in [5, 5.41) is 0. The molecule has 0 saturated heterocycles. The first-order valence-corrected chi connectivity index (χ1v) is 5.33. The van der Waals surface area contributed by atoms with Gasteiger partial charge in [0, 0.05) is 0 Å². The molecule has 0 saturated carbocycles. The molecule has 0 atom stereocenters. The average Bonchev–Trinajstić information content (AvgIpc) is 2.85. The van der Waals surface area contributed by atoms with Crippen LogP contribution in [0.5, 0.6) is 5.88 Å². The Morgan fingerprint density at radius 2 is 2.11 bits per heavy atom. The fraction of sp³-hybridized carbons (Fsp3) is 0. The van der Waals surface area contributed by atoms with E-state index >= 15 is 0 Å². The predicted molar refractivity (Wildman–Crippen MR) is 65.5 cm³/mol. The Morgan fingerprint density at radius 3 is 2.94 bits per heavy atom. The number of anilines is 2. The molecule has 0 radical (unpaired) electrons. The van der Waals surface area contributed by atoms with Crippen LogP contribution in [-0.4, -0.2) is 15.0 Å². The van der Waals surface area contributed by atoms with Crippen molar-refractivity contribution in [2.24, 2.45) is 0 Å². The number of imidazole rings is 1. The van der Waals surface area contributed by atoms with Crippen molar-refractivity contribution in [1.29, 1.82) is 0 Å². The van der Waals surface area contributed by atoms with Crippen LogP contribution < -0.4 is 21.0 Å². The summed E-state index contributed by atoms with van der Waals surface area (Å²) in [7, 11) is 0. The van der Waals surface area contributed by atoms with Crippen LogP contribution in [0.1, 0.15) is 0 Å². The fourth-order valence-electron chi connectivity index (χ4n) is 1.55. The van der Waals surface area contributed by atoms with Crippen molar-refractivity contribution in [3.05, 3.63) is 36.7 Å². The molecule has 2 heterocycles. The van der Waals surface area contributed by atoms with Gasteiger partial charge in [0.25, 0.3) is 5.65 Å². The van der Waals surface area contributed by atoms with Crippen LogP contribution >= 0.6 is 0 Å². The molecule has 3 aromatic rings. The van der Waals surface area contributed by atoms with Gasteiger partial charge >= 0.3 is 11.8 Å². The molecule has 3 rings (SSSR count). The van der Waals surface area contributed by atoms with Crippen molar-refractivity contribution in [1.82, 2.24) is 15.0 Å². The zero-order valence-electron chi connectivity index (χ0n) is 9.34. The second-order valence-electron chi connectivity index (χ2n) is 3.62. The smallest absolute Gasteiger partial charge is 0.345 e. The number of rotatable bonds is 3. The lowest BCUT2D eigenvalue weighted by Crippen LogP contribution is -2.19. The first-order valence-electron chi connectivity index (χ1n) is 5.33. The van der Waals surface area contributed by atoms with E-state index in [-0.39, 0.29) is 5.95 Å². The summed E-state index contributed by atoms with van der Waals surface area (Å²) in [5.74, 6) is 0.665. The Bertz CT molecular complexity index is 666. The van der Waals surface area contributed by atoms with Gasteiger partial charge in [0.2, 0.25) is 0 Å². The number of benzene rings is 1. The lowest BCUT2D eigenvalue weighted by atomic mass is 10.3. The van der Waals surface area contributed by atoms with E-state index < -0.39 is 0 Å². The van der Waals surface area contributed by atoms with E-state index in [0.29, 0.717) is 17.0 Å². The molecular weight excluding hydrogens is 232 g/mol. The highest BCUT2D eigenvalue weighted by Gasteiger charge is 2.14. The van der Waals surface area contributed by atoms with Gasteiger partial charge in [0.15, 0.2) is 5.52 Å². The molecule has 0 aliphatic carbocycles. The van der Waals surface area contributed by atoms with Crippen molar-refractivity contribution < 1.29 is 9.82 Å². The number of H-pyrrole nitrogens is 2. The van der Waals surface area contributed by atoms with Gasteiger partial charge in [-0.15, -0.1) is 0 Å². The van der Waals surface area contributed by atoms with Crippen molar-refractivity contribution in [3.8, 4) is 5.88 Å². The second kappa shape index (κ2) is 4.21. The molecule has 0 aliphatic heterocycles. The third kappa shape index (κ3) is 1.88. The van der Waals surface area contributed by atoms with Crippen LogP contribution in [0, 0.1) is 0 Å². The number of nitrogen functional groups attached to an aromatic ring is 1. The van der Waals surface area contributed by atoms with Gasteiger partial charge in [-0.25, -0.2) is 15.4 Å². The van der Waals surface area contributed by atoms with Crippen LogP contribution in [0.25, 0.3) is 11.2 Å². The van der Waals surface area contributed by atoms with Crippen LogP contribution in [0.15, 0.2) is 36.7 Å². The SMILES string of the molecule is Nc1nc2nc[nH]c2c(ONc2ccccc2)[nH+]1. The fourth-order valence-corrected chi connectivity index (χ4v) is 1.55. The molecular formula is C11H11N6O+. The van der Waals surface area contributed by atoms with E-state index in [9.17, 15) is 0 Å². The maximum atomic E-state index is 5.62. The molecule has 5 N–H and O–H groups in total. The topological polar surface area (TPSA) is 103 Å². The quantitative estimate of drug-likeness (QED) is 0.589. The molecule has 0 unspecified atom stereocenters. The third-order valence-electron chi connectivity index (χ3n) is 2.36. The molecule has 18 heavy (non-hydrogen) atoms. The maximum Gasteiger partial charge on any atom is 0.392 e. The van der Waals surface area contributed by atoms with Crippen LogP contribution in [0.3, 0.4) is 0 Å². The van der Waals surface area contributed by atoms with E-state index in [1.807, 2.05) is 30.3 Å². The number of nitrogens with zero attached hydrogens (tertiary/aromatic N) is 2. The Balaban J connectivity index is 1.88. The highest BCUT2D eigenvalue weighted by Crippen LogP contribution is 2.16. The van der Waals surface area contributed by atoms with Crippen molar-refractivity contribution >= 4 is 22.8 Å². The van der Waals surface area contributed by atoms with Gasteiger partial charge in [0.1, 0.15) is 0 Å². The van der Waals surface area contributed by atoms with E-state index in [0.717, 1.165) is 5.69 Å². The van der Waals surface area contributed by atoms with Gasteiger partial charge < -0.3 is 9.82 Å². The number of nitrogens with two attached hydrogens (primary N) is 1. The van der Waals surface area contributed by atoms with Crippen LogP contribution in [0.2, 0.25) is 0 Å². The molecule has 0 spiro atoms. The van der Waals surface area contributed by atoms with E-state index in [4.69, 9.17) is 10.6 Å². The highest BCUT2D eigenvalue weighted by molar-refractivity contribution is 5.74. The minimum absolute atomic E-state index is 0.236. The number of hydrogen-bond donors (Lipinski definition) is 3. The Kier molecular flexibility index (Phi) is 2.41. The summed E-state index contributed by atoms with van der Waals surface area (Å²) >= 11 is 0. The van der Waals surface area contributed by atoms with Gasteiger partial charge in [-0.2, -0.15) is 0 Å². The highest BCUT2D eigenvalue weighted by atomic mass is 16.7. The Morgan fingerprint density at radius 1 is 1.28 bits per heavy atom. The lowest BCUT2D eigenvalue weighted by Gasteiger charge is -2.05. The molecule has 7 nitrogen and oxygen atoms in total. The lowest BCUT2D eigenvalue weighted by molar-refractivity contribution is -0.377. The van der Waals surface area contributed by atoms with Crippen molar-refractivity contribution in [3.63, 3.8) is 0 Å². The summed E-state index contributed by atoms with van der Waals surface area (Å²) in [6, 6.07) is 9.50. The molecule has 0 bridgehead atoms. The molecule has 7 heteroatoms. The monoisotopic (exact) mass is 243 g/mol. The average molecular weight is 243 g/mol. The first kappa shape index (κ1) is 10.3. The number of aromatic amines is 2. The zero-order chi connectivity index (χ0) is 12.4. The van der Waals surface area contributed by atoms with Crippen LogP contribution in [0.4, 0.5) is 11.6 Å². The van der Waals surface area contributed by atoms with Gasteiger partial charge in [-0.05, 0) is 17.1 Å². The predicted octanol–water partition coefficient (Wildman–Crippen LogP) is 0.760. The molecule has 0 amide bonds. The molecule has 1 aromatic carbocycles. The summed E-state index contributed by atoms with van der Waals surface area (Å²) in [5.41, 5.74) is 10.4. The van der Waals surface area contributed by atoms with Gasteiger partial charge in [-0.3, -0.25) is 5.73 Å². The molecule has 0 fully saturated rings. The third-order valence-corrected chi connectivity index (χ3v) is 2.36. The van der Waals surface area contributed by atoms with Crippen LogP contribution in [-0.2, 0) is 0 Å². The minimum Gasteiger partial charge on any atom is -0.345 e. The zero-order valence-corrected chi connectivity index (χ0v) is 9.34. The number of hydrogen-bond acceptors (Lipinski definition) is 5.